The van der Waals surface area contributed by atoms with Gasteiger partial charge in [0.05, 0.1) is 6.61 Å². The molecule has 2 aliphatic heterocycles. The van der Waals surface area contributed by atoms with Gasteiger partial charge in [0.15, 0.2) is 0 Å². The first-order chi connectivity index (χ1) is 8.69. The number of piperidine rings is 2. The first kappa shape index (κ1) is 13.8. The van der Waals surface area contributed by atoms with Crippen LogP contribution in [0.2, 0.25) is 0 Å². The average molecular weight is 255 g/mol. The molecule has 0 atom stereocenters. The molecule has 2 rings (SSSR count). The molecule has 0 aromatic heterocycles. The Morgan fingerprint density at radius 3 is 2.33 bits per heavy atom. The van der Waals surface area contributed by atoms with Gasteiger partial charge in [0.2, 0.25) is 0 Å². The number of likely N-dealkylation sites (tertiary alicyclic amines) is 1. The van der Waals surface area contributed by atoms with Crippen LogP contribution in [0, 0.1) is 0 Å². The van der Waals surface area contributed by atoms with E-state index in [1.165, 1.54) is 19.3 Å². The highest BCUT2D eigenvalue weighted by Gasteiger charge is 2.47. The minimum absolute atomic E-state index is 0.0417. The van der Waals surface area contributed by atoms with E-state index in [0.29, 0.717) is 6.61 Å². The molecule has 0 aliphatic carbocycles. The molecule has 5 heteroatoms. The number of carbonyl (C=O) groups excluding carboxylic acids is 1. The SMILES string of the molecule is CCOC(=O)C1(N2CCCCC2)CCN(N)CC1. The molecule has 2 N–H and O–H groups in total. The minimum Gasteiger partial charge on any atom is -0.465 e. The lowest BCUT2D eigenvalue weighted by atomic mass is 9.84. The maximum Gasteiger partial charge on any atom is 0.326 e. The van der Waals surface area contributed by atoms with Crippen molar-refractivity contribution in [2.24, 2.45) is 5.84 Å². The molecule has 5 nitrogen and oxygen atoms in total. The highest BCUT2D eigenvalue weighted by molar-refractivity contribution is 5.81. The van der Waals surface area contributed by atoms with Gasteiger partial charge in [-0.25, -0.2) is 5.01 Å². The highest BCUT2D eigenvalue weighted by atomic mass is 16.5. The minimum atomic E-state index is -0.410. The van der Waals surface area contributed by atoms with E-state index in [4.69, 9.17) is 10.6 Å². The second-order valence-corrected chi connectivity index (χ2v) is 5.34. The van der Waals surface area contributed by atoms with Gasteiger partial charge < -0.3 is 4.74 Å². The summed E-state index contributed by atoms with van der Waals surface area (Å²) in [6.07, 6.45) is 5.24. The second-order valence-electron chi connectivity index (χ2n) is 5.34. The van der Waals surface area contributed by atoms with Gasteiger partial charge in [-0.1, -0.05) is 6.42 Å². The van der Waals surface area contributed by atoms with Gasteiger partial charge in [-0.05, 0) is 45.7 Å². The van der Waals surface area contributed by atoms with Crippen molar-refractivity contribution in [3.63, 3.8) is 0 Å². The van der Waals surface area contributed by atoms with Gasteiger partial charge >= 0.3 is 5.97 Å². The van der Waals surface area contributed by atoms with Crippen LogP contribution in [-0.2, 0) is 9.53 Å². The normalized spacial score (nSPS) is 25.9. The Kier molecular flexibility index (Phi) is 4.59. The molecule has 104 valence electrons. The zero-order valence-corrected chi connectivity index (χ0v) is 11.4. The Morgan fingerprint density at radius 1 is 1.17 bits per heavy atom. The van der Waals surface area contributed by atoms with Crippen molar-refractivity contribution in [1.82, 2.24) is 9.91 Å². The molecule has 2 saturated heterocycles. The first-order valence-electron chi connectivity index (χ1n) is 7.11. The van der Waals surface area contributed by atoms with Crippen molar-refractivity contribution in [2.75, 3.05) is 32.8 Å². The number of hydrogen-bond acceptors (Lipinski definition) is 5. The molecule has 0 aromatic carbocycles. The van der Waals surface area contributed by atoms with Gasteiger partial charge in [0, 0.05) is 13.1 Å². The van der Waals surface area contributed by atoms with E-state index in [2.05, 4.69) is 4.90 Å². The summed E-state index contributed by atoms with van der Waals surface area (Å²) >= 11 is 0. The predicted molar refractivity (Wildman–Crippen MR) is 69.8 cm³/mol. The molecule has 0 amide bonds. The van der Waals surface area contributed by atoms with Gasteiger partial charge in [0.25, 0.3) is 0 Å². The standard InChI is InChI=1S/C13H25N3O2/c1-2-18-12(17)13(6-10-16(14)11-7-13)15-8-4-3-5-9-15/h2-11,14H2,1H3. The van der Waals surface area contributed by atoms with E-state index in [-0.39, 0.29) is 5.97 Å². The maximum atomic E-state index is 12.4. The van der Waals surface area contributed by atoms with E-state index in [9.17, 15) is 4.79 Å². The number of hydrazine groups is 1. The Hall–Kier alpha value is -0.650. The zero-order valence-electron chi connectivity index (χ0n) is 11.4. The van der Waals surface area contributed by atoms with Crippen molar-refractivity contribution in [1.29, 1.82) is 0 Å². The van der Waals surface area contributed by atoms with Crippen LogP contribution in [0.15, 0.2) is 0 Å². The maximum absolute atomic E-state index is 12.4. The summed E-state index contributed by atoms with van der Waals surface area (Å²) in [7, 11) is 0. The molecule has 18 heavy (non-hydrogen) atoms. The lowest BCUT2D eigenvalue weighted by Crippen LogP contribution is -2.62. The zero-order chi connectivity index (χ0) is 13.0. The molecule has 0 radical (unpaired) electrons. The fourth-order valence-corrected chi connectivity index (χ4v) is 3.13. The van der Waals surface area contributed by atoms with E-state index in [1.54, 1.807) is 5.01 Å². The molecule has 0 spiro atoms. The molecule has 2 fully saturated rings. The first-order valence-corrected chi connectivity index (χ1v) is 7.11. The molecule has 2 aliphatic rings. The van der Waals surface area contributed by atoms with Crippen LogP contribution in [0.4, 0.5) is 0 Å². The van der Waals surface area contributed by atoms with Crippen LogP contribution in [0.1, 0.15) is 39.0 Å². The summed E-state index contributed by atoms with van der Waals surface area (Å²) in [5, 5.41) is 1.81. The van der Waals surface area contributed by atoms with E-state index < -0.39 is 5.54 Å². The van der Waals surface area contributed by atoms with Gasteiger partial charge in [0.1, 0.15) is 5.54 Å². The molecular weight excluding hydrogens is 230 g/mol. The molecule has 0 bridgehead atoms. The Bertz CT molecular complexity index is 282. The lowest BCUT2D eigenvalue weighted by molar-refractivity contribution is -0.163. The van der Waals surface area contributed by atoms with Gasteiger partial charge in [-0.3, -0.25) is 15.5 Å². The Labute approximate surface area is 109 Å². The number of carbonyl (C=O) groups is 1. The summed E-state index contributed by atoms with van der Waals surface area (Å²) in [5.41, 5.74) is -0.410. The number of nitrogens with zero attached hydrogens (tertiary/aromatic N) is 2. The largest absolute Gasteiger partial charge is 0.465 e. The quantitative estimate of drug-likeness (QED) is 0.595. The van der Waals surface area contributed by atoms with Crippen LogP contribution < -0.4 is 5.84 Å². The van der Waals surface area contributed by atoms with Crippen molar-refractivity contribution in [3.05, 3.63) is 0 Å². The fourth-order valence-electron chi connectivity index (χ4n) is 3.13. The average Bonchev–Trinajstić information content (AvgIpc) is 2.41. The highest BCUT2D eigenvalue weighted by Crippen LogP contribution is 2.32. The topological polar surface area (TPSA) is 58.8 Å². The van der Waals surface area contributed by atoms with Crippen molar-refractivity contribution >= 4 is 5.97 Å². The third kappa shape index (κ3) is 2.68. The number of ether oxygens (including phenoxy) is 1. The Balaban J connectivity index is 2.13. The summed E-state index contributed by atoms with van der Waals surface area (Å²) in [4.78, 5) is 14.8. The number of hydrogen-bond donors (Lipinski definition) is 1. The number of rotatable bonds is 3. The van der Waals surface area contributed by atoms with Crippen LogP contribution in [0.3, 0.4) is 0 Å². The third-order valence-electron chi connectivity index (χ3n) is 4.24. The van der Waals surface area contributed by atoms with Crippen LogP contribution in [0.5, 0.6) is 0 Å². The monoisotopic (exact) mass is 255 g/mol. The summed E-state index contributed by atoms with van der Waals surface area (Å²) in [6.45, 7) is 5.91. The smallest absolute Gasteiger partial charge is 0.326 e. The molecule has 2 heterocycles. The van der Waals surface area contributed by atoms with E-state index in [0.717, 1.165) is 39.0 Å². The number of nitrogens with two attached hydrogens (primary N) is 1. The summed E-state index contributed by atoms with van der Waals surface area (Å²) in [5.74, 6) is 5.78. The number of esters is 1. The van der Waals surface area contributed by atoms with Crippen molar-refractivity contribution in [2.45, 2.75) is 44.6 Å². The summed E-state index contributed by atoms with van der Waals surface area (Å²) < 4.78 is 5.33. The molecular formula is C13H25N3O2. The van der Waals surface area contributed by atoms with Gasteiger partial charge in [-0.15, -0.1) is 0 Å². The van der Waals surface area contributed by atoms with E-state index in [1.807, 2.05) is 6.92 Å². The second kappa shape index (κ2) is 5.99. The molecule has 0 unspecified atom stereocenters. The van der Waals surface area contributed by atoms with E-state index >= 15 is 0 Å². The van der Waals surface area contributed by atoms with Crippen LogP contribution >= 0.6 is 0 Å². The molecule has 0 saturated carbocycles. The predicted octanol–water partition coefficient (Wildman–Crippen LogP) is 0.744. The summed E-state index contributed by atoms with van der Waals surface area (Å²) in [6, 6.07) is 0. The van der Waals surface area contributed by atoms with Crippen LogP contribution in [-0.4, -0.2) is 54.2 Å². The van der Waals surface area contributed by atoms with Gasteiger partial charge in [-0.2, -0.15) is 0 Å². The van der Waals surface area contributed by atoms with Crippen molar-refractivity contribution in [3.8, 4) is 0 Å². The lowest BCUT2D eigenvalue weighted by Gasteiger charge is -2.47. The van der Waals surface area contributed by atoms with Crippen LogP contribution in [0.25, 0.3) is 0 Å². The Morgan fingerprint density at radius 2 is 1.78 bits per heavy atom. The third-order valence-corrected chi connectivity index (χ3v) is 4.24. The fraction of sp³-hybridized carbons (Fsp3) is 0.923. The van der Waals surface area contributed by atoms with Crippen molar-refractivity contribution < 1.29 is 9.53 Å². The molecule has 0 aromatic rings.